The average molecular weight is 842 g/mol. The maximum Gasteiger partial charge on any atom is 0.210 e. The van der Waals surface area contributed by atoms with E-state index in [0.717, 1.165) is 102 Å². The van der Waals surface area contributed by atoms with Crippen LogP contribution in [0.3, 0.4) is 0 Å². The van der Waals surface area contributed by atoms with E-state index in [2.05, 4.69) is 33.6 Å². The van der Waals surface area contributed by atoms with E-state index < -0.39 is 25.5 Å². The van der Waals surface area contributed by atoms with Gasteiger partial charge in [0, 0.05) is 54.4 Å². The molecule has 4 heterocycles. The Morgan fingerprint density at radius 1 is 0.586 bits per heavy atom. The molecular weight excluding hydrogens is 791 g/mol. The van der Waals surface area contributed by atoms with Crippen LogP contribution in [0.15, 0.2) is 105 Å². The van der Waals surface area contributed by atoms with E-state index in [1.165, 1.54) is 30.6 Å². The monoisotopic (exact) mass is 840 g/mol. The van der Waals surface area contributed by atoms with Gasteiger partial charge in [-0.25, -0.2) is 21.2 Å². The lowest BCUT2D eigenvalue weighted by Crippen LogP contribution is -2.34. The summed E-state index contributed by atoms with van der Waals surface area (Å²) in [5, 5.41) is 2.16. The van der Waals surface area contributed by atoms with E-state index >= 15 is 0 Å². The third-order valence-corrected chi connectivity index (χ3v) is 15.5. The van der Waals surface area contributed by atoms with Crippen LogP contribution in [0.4, 0.5) is 15.8 Å². The number of fused-ring (bicyclic) bond motifs is 2. The zero-order chi connectivity index (χ0) is 41.5. The number of halogens is 2. The third-order valence-electron chi connectivity index (χ3n) is 11.6. The molecule has 0 aliphatic carbocycles. The van der Waals surface area contributed by atoms with Gasteiger partial charge >= 0.3 is 0 Å². The van der Waals surface area contributed by atoms with E-state index in [9.17, 15) is 21.2 Å². The van der Waals surface area contributed by atoms with Crippen molar-refractivity contribution in [1.82, 2.24) is 9.97 Å². The molecule has 4 aromatic carbocycles. The first kappa shape index (κ1) is 41.6. The van der Waals surface area contributed by atoms with Gasteiger partial charge in [0.2, 0.25) is 19.7 Å². The van der Waals surface area contributed by atoms with Crippen LogP contribution in [-0.2, 0) is 19.7 Å². The lowest BCUT2D eigenvalue weighted by atomic mass is 9.98. The van der Waals surface area contributed by atoms with Gasteiger partial charge in [-0.2, -0.15) is 0 Å². The van der Waals surface area contributed by atoms with Gasteiger partial charge in [-0.3, -0.25) is 9.97 Å². The van der Waals surface area contributed by atoms with Gasteiger partial charge in [0.25, 0.3) is 0 Å². The molecule has 0 spiro atoms. The summed E-state index contributed by atoms with van der Waals surface area (Å²) in [6.45, 7) is 15.2. The highest BCUT2D eigenvalue weighted by Gasteiger charge is 2.31. The van der Waals surface area contributed by atoms with E-state index in [1.807, 2.05) is 57.2 Å². The molecule has 12 heteroatoms. The molecule has 8 rings (SSSR count). The number of anilines is 2. The predicted octanol–water partition coefficient (Wildman–Crippen LogP) is 10.6. The zero-order valence-electron chi connectivity index (χ0n) is 33.9. The molecule has 2 aliphatic rings. The molecule has 8 nitrogen and oxygen atoms in total. The molecule has 0 N–H and O–H groups in total. The van der Waals surface area contributed by atoms with Gasteiger partial charge in [-0.05, 0) is 125 Å². The second-order valence-corrected chi connectivity index (χ2v) is 20.4. The van der Waals surface area contributed by atoms with Crippen molar-refractivity contribution < 1.29 is 21.2 Å². The first-order chi connectivity index (χ1) is 27.5. The van der Waals surface area contributed by atoms with Gasteiger partial charge < -0.3 is 9.80 Å². The van der Waals surface area contributed by atoms with Crippen molar-refractivity contribution in [3.05, 3.63) is 118 Å². The fraction of sp³-hybridized carbons (Fsp3) is 0.348. The predicted molar refractivity (Wildman–Crippen MR) is 232 cm³/mol. The Morgan fingerprint density at radius 2 is 1.00 bits per heavy atom. The standard InChI is InChI=1S/C23H25ClN2O2S.C23H25FN2O2S/c2*1-15-8-10-26(11-9-15)23-19-12-16(2)4-7-21(19)25-14-22(23)29(27,28)18-6-5-17(3)20(24)13-18/h2*4-7,12-15H,8-11H2,1-3H3. The van der Waals surface area contributed by atoms with Crippen molar-refractivity contribution in [2.45, 2.75) is 86.8 Å². The van der Waals surface area contributed by atoms with Crippen LogP contribution in [0.2, 0.25) is 5.02 Å². The number of rotatable bonds is 6. The number of nitrogens with zero attached hydrogens (tertiary/aromatic N) is 4. The van der Waals surface area contributed by atoms with E-state index in [0.29, 0.717) is 28.1 Å². The number of hydrogen-bond acceptors (Lipinski definition) is 8. The number of sulfone groups is 2. The normalized spacial score (nSPS) is 15.8. The molecule has 2 aliphatic heterocycles. The van der Waals surface area contributed by atoms with Gasteiger partial charge in [-0.1, -0.05) is 60.8 Å². The molecule has 0 bridgehead atoms. The highest BCUT2D eigenvalue weighted by Crippen LogP contribution is 2.40. The minimum atomic E-state index is -3.92. The molecule has 0 radical (unpaired) electrons. The van der Waals surface area contributed by atoms with Crippen molar-refractivity contribution in [1.29, 1.82) is 0 Å². The summed E-state index contributed by atoms with van der Waals surface area (Å²) in [5.74, 6) is 0.744. The summed E-state index contributed by atoms with van der Waals surface area (Å²) < 4.78 is 68.4. The van der Waals surface area contributed by atoms with Gasteiger partial charge in [-0.15, -0.1) is 0 Å². The number of benzene rings is 4. The average Bonchev–Trinajstić information content (AvgIpc) is 3.20. The fourth-order valence-corrected chi connectivity index (χ4v) is 10.9. The Bertz CT molecular complexity index is 2560. The summed E-state index contributed by atoms with van der Waals surface area (Å²) in [4.78, 5) is 13.8. The molecule has 0 amide bonds. The Labute approximate surface area is 346 Å². The molecular formula is C46H50ClFN4O4S2. The summed E-state index contributed by atoms with van der Waals surface area (Å²) >= 11 is 6.24. The van der Waals surface area contributed by atoms with Crippen molar-refractivity contribution >= 4 is 64.5 Å². The molecule has 304 valence electrons. The number of piperidine rings is 2. The van der Waals surface area contributed by atoms with Crippen LogP contribution in [0, 0.1) is 45.3 Å². The van der Waals surface area contributed by atoms with Crippen molar-refractivity contribution in [2.75, 3.05) is 36.0 Å². The van der Waals surface area contributed by atoms with Crippen LogP contribution < -0.4 is 9.80 Å². The minimum absolute atomic E-state index is 0.0407. The van der Waals surface area contributed by atoms with Crippen LogP contribution >= 0.6 is 11.6 Å². The van der Waals surface area contributed by atoms with Crippen LogP contribution in [0.5, 0.6) is 0 Å². The molecule has 0 saturated carbocycles. The molecule has 0 atom stereocenters. The number of aryl methyl sites for hydroxylation is 4. The van der Waals surface area contributed by atoms with E-state index in [4.69, 9.17) is 11.6 Å². The molecule has 2 fully saturated rings. The zero-order valence-corrected chi connectivity index (χ0v) is 36.3. The number of aromatic nitrogens is 2. The summed E-state index contributed by atoms with van der Waals surface area (Å²) in [5.41, 5.74) is 6.42. The van der Waals surface area contributed by atoms with E-state index in [1.54, 1.807) is 19.1 Å². The fourth-order valence-electron chi connectivity index (χ4n) is 7.79. The molecule has 6 aromatic rings. The minimum Gasteiger partial charge on any atom is -0.370 e. The lowest BCUT2D eigenvalue weighted by molar-refractivity contribution is 0.437. The van der Waals surface area contributed by atoms with E-state index in [-0.39, 0.29) is 19.6 Å². The first-order valence-corrected chi connectivity index (χ1v) is 23.2. The number of pyridine rings is 2. The Morgan fingerprint density at radius 3 is 1.41 bits per heavy atom. The third kappa shape index (κ3) is 8.31. The maximum absolute atomic E-state index is 14.1. The topological polar surface area (TPSA) is 101 Å². The van der Waals surface area contributed by atoms with Crippen molar-refractivity contribution in [2.24, 2.45) is 11.8 Å². The highest BCUT2D eigenvalue weighted by atomic mass is 35.5. The molecule has 2 saturated heterocycles. The maximum atomic E-state index is 14.1. The second kappa shape index (κ2) is 16.6. The van der Waals surface area contributed by atoms with Gasteiger partial charge in [0.15, 0.2) is 0 Å². The summed E-state index contributed by atoms with van der Waals surface area (Å²) in [7, 11) is -7.68. The highest BCUT2D eigenvalue weighted by molar-refractivity contribution is 7.92. The van der Waals surface area contributed by atoms with Crippen LogP contribution in [-0.4, -0.2) is 53.0 Å². The quantitative estimate of drug-likeness (QED) is 0.163. The van der Waals surface area contributed by atoms with Gasteiger partial charge in [0.1, 0.15) is 15.6 Å². The van der Waals surface area contributed by atoms with Crippen LogP contribution in [0.1, 0.15) is 61.8 Å². The summed E-state index contributed by atoms with van der Waals surface area (Å²) in [6, 6.07) is 20.9. The Kier molecular flexibility index (Phi) is 11.9. The molecule has 58 heavy (non-hydrogen) atoms. The number of hydrogen-bond donors (Lipinski definition) is 0. The SMILES string of the molecule is Cc1ccc2ncc(S(=O)(=O)c3ccc(C)c(Cl)c3)c(N3CCC(C)CC3)c2c1.Cc1ccc2ncc(S(=O)(=O)c3ccc(C)c(F)c3)c(N3CCC(C)CC3)c2c1. The first-order valence-electron chi connectivity index (χ1n) is 19.9. The second-order valence-electron chi connectivity index (χ2n) is 16.2. The largest absolute Gasteiger partial charge is 0.370 e. The Hall–Kier alpha value is -4.58. The van der Waals surface area contributed by atoms with Gasteiger partial charge in [0.05, 0.1) is 32.2 Å². The summed E-state index contributed by atoms with van der Waals surface area (Å²) in [6.07, 6.45) is 7.05. The Balaban J connectivity index is 0.000000177. The molecule has 2 aromatic heterocycles. The molecule has 0 unspecified atom stereocenters. The van der Waals surface area contributed by atoms with Crippen LogP contribution in [0.25, 0.3) is 21.8 Å². The lowest BCUT2D eigenvalue weighted by Gasteiger charge is -2.34. The van der Waals surface area contributed by atoms with Crippen molar-refractivity contribution in [3.8, 4) is 0 Å². The van der Waals surface area contributed by atoms with Crippen molar-refractivity contribution in [3.63, 3.8) is 0 Å². The smallest absolute Gasteiger partial charge is 0.210 e.